The zero-order valence-electron chi connectivity index (χ0n) is 17.1. The van der Waals surface area contributed by atoms with Crippen LogP contribution in [0.2, 0.25) is 0 Å². The summed E-state index contributed by atoms with van der Waals surface area (Å²) in [4.78, 5) is 8.90. The number of rotatable bonds is 9. The van der Waals surface area contributed by atoms with Crippen LogP contribution in [0, 0.1) is 6.92 Å². The first-order valence-electron chi connectivity index (χ1n) is 9.98. The molecule has 7 nitrogen and oxygen atoms in total. The molecule has 1 aliphatic rings. The lowest BCUT2D eigenvalue weighted by Gasteiger charge is -2.12. The normalized spacial score (nSPS) is 16.5. The van der Waals surface area contributed by atoms with E-state index in [0.29, 0.717) is 12.4 Å². The van der Waals surface area contributed by atoms with Gasteiger partial charge in [-0.25, -0.2) is 9.98 Å². The standard InChI is InChI=1S/C21H30N4O3.HI/c1-3-22-21(23-10-4-11-27-18-9-12-26-15-18)25-14-20-24-13-19(28-20)17-7-5-16(2)6-8-17;/h5-8,13,18H,3-4,9-12,14-15H2,1-2H3,(H2,22,23,25);1H. The Morgan fingerprint density at radius 2 is 2.10 bits per heavy atom. The zero-order chi connectivity index (χ0) is 19.6. The minimum Gasteiger partial charge on any atom is -0.439 e. The predicted molar refractivity (Wildman–Crippen MR) is 125 cm³/mol. The first-order valence-corrected chi connectivity index (χ1v) is 9.98. The maximum Gasteiger partial charge on any atom is 0.216 e. The molecule has 2 heterocycles. The van der Waals surface area contributed by atoms with Crippen LogP contribution >= 0.6 is 24.0 Å². The van der Waals surface area contributed by atoms with Gasteiger partial charge < -0.3 is 24.5 Å². The first kappa shape index (κ1) is 23.6. The van der Waals surface area contributed by atoms with Gasteiger partial charge in [0.2, 0.25) is 5.89 Å². The number of oxazole rings is 1. The molecule has 0 saturated carbocycles. The fourth-order valence-electron chi connectivity index (χ4n) is 2.90. The van der Waals surface area contributed by atoms with E-state index in [1.165, 1.54) is 5.56 Å². The lowest BCUT2D eigenvalue weighted by Crippen LogP contribution is -2.38. The third-order valence-electron chi connectivity index (χ3n) is 4.46. The van der Waals surface area contributed by atoms with Crippen LogP contribution in [0.15, 0.2) is 39.9 Å². The third kappa shape index (κ3) is 7.94. The molecule has 1 fully saturated rings. The van der Waals surface area contributed by atoms with Crippen molar-refractivity contribution in [1.29, 1.82) is 0 Å². The molecule has 0 bridgehead atoms. The van der Waals surface area contributed by atoms with E-state index in [0.717, 1.165) is 63.0 Å². The van der Waals surface area contributed by atoms with E-state index >= 15 is 0 Å². The van der Waals surface area contributed by atoms with Gasteiger partial charge in [0.1, 0.15) is 6.54 Å². The van der Waals surface area contributed by atoms with Gasteiger partial charge in [0, 0.05) is 31.9 Å². The second kappa shape index (κ2) is 12.8. The summed E-state index contributed by atoms with van der Waals surface area (Å²) < 4.78 is 16.9. The smallest absolute Gasteiger partial charge is 0.216 e. The van der Waals surface area contributed by atoms with E-state index in [9.17, 15) is 0 Å². The third-order valence-corrected chi connectivity index (χ3v) is 4.46. The number of guanidine groups is 1. The first-order chi connectivity index (χ1) is 13.7. The van der Waals surface area contributed by atoms with Gasteiger partial charge in [-0.2, -0.15) is 0 Å². The number of hydrogen-bond acceptors (Lipinski definition) is 5. The summed E-state index contributed by atoms with van der Waals surface area (Å²) >= 11 is 0. The van der Waals surface area contributed by atoms with Crippen LogP contribution in [0.3, 0.4) is 0 Å². The van der Waals surface area contributed by atoms with E-state index < -0.39 is 0 Å². The van der Waals surface area contributed by atoms with Crippen molar-refractivity contribution in [3.05, 3.63) is 41.9 Å². The number of ether oxygens (including phenoxy) is 2. The second-order valence-electron chi connectivity index (χ2n) is 6.82. The van der Waals surface area contributed by atoms with E-state index in [-0.39, 0.29) is 30.1 Å². The Kier molecular flexibility index (Phi) is 10.4. The molecule has 160 valence electrons. The molecular formula is C21H31IN4O3. The number of aromatic nitrogens is 1. The average Bonchev–Trinajstić information content (AvgIpc) is 3.38. The van der Waals surface area contributed by atoms with Gasteiger partial charge in [0.15, 0.2) is 11.7 Å². The highest BCUT2D eigenvalue weighted by Crippen LogP contribution is 2.21. The fourth-order valence-corrected chi connectivity index (χ4v) is 2.90. The van der Waals surface area contributed by atoms with Crippen LogP contribution in [-0.2, 0) is 16.0 Å². The molecule has 29 heavy (non-hydrogen) atoms. The maximum atomic E-state index is 5.83. The van der Waals surface area contributed by atoms with Gasteiger partial charge >= 0.3 is 0 Å². The van der Waals surface area contributed by atoms with Crippen LogP contribution in [0.25, 0.3) is 11.3 Å². The average molecular weight is 514 g/mol. The topological polar surface area (TPSA) is 80.9 Å². The molecule has 3 rings (SSSR count). The van der Waals surface area contributed by atoms with Crippen molar-refractivity contribution in [3.8, 4) is 11.3 Å². The number of aryl methyl sites for hydroxylation is 1. The summed E-state index contributed by atoms with van der Waals surface area (Å²) in [6.45, 7) is 8.33. The molecule has 8 heteroatoms. The Morgan fingerprint density at radius 1 is 1.28 bits per heavy atom. The van der Waals surface area contributed by atoms with Crippen molar-refractivity contribution < 1.29 is 13.9 Å². The molecule has 1 atom stereocenters. The minimum absolute atomic E-state index is 0. The summed E-state index contributed by atoms with van der Waals surface area (Å²) in [5.74, 6) is 2.11. The molecule has 1 aromatic heterocycles. The number of aliphatic imine (C=N–C) groups is 1. The van der Waals surface area contributed by atoms with Gasteiger partial charge in [0.25, 0.3) is 0 Å². The van der Waals surface area contributed by atoms with Crippen molar-refractivity contribution in [2.24, 2.45) is 4.99 Å². The highest BCUT2D eigenvalue weighted by Gasteiger charge is 2.15. The molecule has 1 saturated heterocycles. The Labute approximate surface area is 189 Å². The van der Waals surface area contributed by atoms with E-state index in [4.69, 9.17) is 13.9 Å². The van der Waals surface area contributed by atoms with Crippen molar-refractivity contribution in [1.82, 2.24) is 15.6 Å². The van der Waals surface area contributed by atoms with Gasteiger partial charge in [-0.1, -0.05) is 29.8 Å². The lowest BCUT2D eigenvalue weighted by molar-refractivity contribution is 0.0420. The zero-order valence-corrected chi connectivity index (χ0v) is 19.5. The van der Waals surface area contributed by atoms with Crippen molar-refractivity contribution in [2.75, 3.05) is 32.9 Å². The highest BCUT2D eigenvalue weighted by atomic mass is 127. The molecule has 0 spiro atoms. The van der Waals surface area contributed by atoms with Gasteiger partial charge in [-0.15, -0.1) is 24.0 Å². The van der Waals surface area contributed by atoms with Crippen LogP contribution in [0.1, 0.15) is 31.2 Å². The molecule has 1 aromatic carbocycles. The SMILES string of the molecule is CCNC(=NCc1ncc(-c2ccc(C)cc2)o1)NCCCOC1CCOC1.I. The molecule has 0 radical (unpaired) electrons. The summed E-state index contributed by atoms with van der Waals surface area (Å²) in [6, 6.07) is 8.20. The summed E-state index contributed by atoms with van der Waals surface area (Å²) in [5, 5.41) is 6.56. The predicted octanol–water partition coefficient (Wildman–Crippen LogP) is 3.52. The Hall–Kier alpha value is -1.65. The lowest BCUT2D eigenvalue weighted by atomic mass is 10.1. The van der Waals surface area contributed by atoms with Crippen molar-refractivity contribution in [3.63, 3.8) is 0 Å². The quantitative estimate of drug-likeness (QED) is 0.231. The molecular weight excluding hydrogens is 483 g/mol. The van der Waals surface area contributed by atoms with Crippen molar-refractivity contribution in [2.45, 2.75) is 39.3 Å². The van der Waals surface area contributed by atoms with Gasteiger partial charge in [-0.3, -0.25) is 0 Å². The van der Waals surface area contributed by atoms with E-state index in [1.54, 1.807) is 6.20 Å². The highest BCUT2D eigenvalue weighted by molar-refractivity contribution is 14.0. The van der Waals surface area contributed by atoms with Gasteiger partial charge in [-0.05, 0) is 26.7 Å². The van der Waals surface area contributed by atoms with Crippen molar-refractivity contribution >= 4 is 29.9 Å². The number of nitrogens with zero attached hydrogens (tertiary/aromatic N) is 2. The molecule has 1 aliphatic heterocycles. The number of nitrogens with one attached hydrogen (secondary N) is 2. The number of halogens is 1. The summed E-state index contributed by atoms with van der Waals surface area (Å²) in [7, 11) is 0. The summed E-state index contributed by atoms with van der Waals surface area (Å²) in [5.41, 5.74) is 2.24. The Balaban J connectivity index is 0.00000300. The molecule has 2 aromatic rings. The largest absolute Gasteiger partial charge is 0.439 e. The summed E-state index contributed by atoms with van der Waals surface area (Å²) in [6.07, 6.45) is 3.92. The van der Waals surface area contributed by atoms with Crippen LogP contribution in [0.5, 0.6) is 0 Å². The number of benzene rings is 1. The molecule has 1 unspecified atom stereocenters. The molecule has 0 amide bonds. The van der Waals surface area contributed by atoms with Crippen LogP contribution < -0.4 is 10.6 Å². The van der Waals surface area contributed by atoms with Crippen LogP contribution in [0.4, 0.5) is 0 Å². The monoisotopic (exact) mass is 514 g/mol. The Bertz CT molecular complexity index is 743. The minimum atomic E-state index is 0. The number of hydrogen-bond donors (Lipinski definition) is 2. The van der Waals surface area contributed by atoms with Crippen LogP contribution in [-0.4, -0.2) is 50.0 Å². The Morgan fingerprint density at radius 3 is 2.83 bits per heavy atom. The fraction of sp³-hybridized carbons (Fsp3) is 0.524. The molecule has 0 aliphatic carbocycles. The second-order valence-corrected chi connectivity index (χ2v) is 6.82. The van der Waals surface area contributed by atoms with E-state index in [2.05, 4.69) is 39.7 Å². The van der Waals surface area contributed by atoms with Gasteiger partial charge in [0.05, 0.1) is 18.9 Å². The maximum absolute atomic E-state index is 5.83. The van der Waals surface area contributed by atoms with E-state index in [1.807, 2.05) is 19.1 Å². The molecule has 2 N–H and O–H groups in total.